The minimum absolute atomic E-state index is 0.881. The molecule has 1 aromatic carbocycles. The summed E-state index contributed by atoms with van der Waals surface area (Å²) in [5, 5.41) is 4.33. The third-order valence-electron chi connectivity index (χ3n) is 1.75. The minimum atomic E-state index is 0.881. The highest BCUT2D eigenvalue weighted by Crippen LogP contribution is 2.33. The fourth-order valence-electron chi connectivity index (χ4n) is 1.26. The average molecular weight is 227 g/mol. The van der Waals surface area contributed by atoms with Gasteiger partial charge in [-0.05, 0) is 29.5 Å². The molecule has 0 aliphatic rings. The maximum absolute atomic E-state index is 3.53. The Labute approximate surface area is 75.8 Å². The van der Waals surface area contributed by atoms with Gasteiger partial charge in [-0.15, -0.1) is 8.19 Å². The first kappa shape index (κ1) is 7.39. The van der Waals surface area contributed by atoms with Crippen molar-refractivity contribution in [3.63, 3.8) is 0 Å². The van der Waals surface area contributed by atoms with Crippen LogP contribution in [0.1, 0.15) is 5.30 Å². The highest BCUT2D eigenvalue weighted by molar-refractivity contribution is 9.10. The van der Waals surface area contributed by atoms with E-state index in [4.69, 9.17) is 0 Å². The Morgan fingerprint density at radius 2 is 2.18 bits per heavy atom. The van der Waals surface area contributed by atoms with Crippen molar-refractivity contribution in [2.45, 2.75) is 6.92 Å². The van der Waals surface area contributed by atoms with Crippen molar-refractivity contribution in [3.05, 3.63) is 34.0 Å². The highest BCUT2D eigenvalue weighted by atomic mass is 79.9. The van der Waals surface area contributed by atoms with Crippen LogP contribution in [0.5, 0.6) is 0 Å². The zero-order chi connectivity index (χ0) is 7.84. The van der Waals surface area contributed by atoms with Crippen LogP contribution in [0.25, 0.3) is 10.5 Å². The average Bonchev–Trinajstić information content (AvgIpc) is 2.31. The molecule has 1 heterocycles. The van der Waals surface area contributed by atoms with E-state index < -0.39 is 0 Å². The van der Waals surface area contributed by atoms with Crippen molar-refractivity contribution >= 4 is 34.6 Å². The summed E-state index contributed by atoms with van der Waals surface area (Å²) in [4.78, 5) is 0. The summed E-state index contributed by atoms with van der Waals surface area (Å²) in [7, 11) is 0.881. The van der Waals surface area contributed by atoms with Gasteiger partial charge in [-0.25, -0.2) is 0 Å². The van der Waals surface area contributed by atoms with Gasteiger partial charge >= 0.3 is 0 Å². The second-order valence-electron chi connectivity index (χ2n) is 2.65. The molecule has 1 atom stereocenters. The van der Waals surface area contributed by atoms with Crippen molar-refractivity contribution in [2.24, 2.45) is 0 Å². The van der Waals surface area contributed by atoms with E-state index in [2.05, 4.69) is 47.1 Å². The van der Waals surface area contributed by atoms with Gasteiger partial charge in [0, 0.05) is 9.86 Å². The molecular formula is C9H8BrP. The third-order valence-corrected chi connectivity index (χ3v) is 3.68. The second-order valence-corrected chi connectivity index (χ2v) is 5.09. The van der Waals surface area contributed by atoms with Gasteiger partial charge in [0.25, 0.3) is 0 Å². The van der Waals surface area contributed by atoms with Crippen LogP contribution in [0.15, 0.2) is 28.7 Å². The Morgan fingerprint density at radius 1 is 1.36 bits per heavy atom. The summed E-state index contributed by atoms with van der Waals surface area (Å²) < 4.78 is 1.22. The van der Waals surface area contributed by atoms with E-state index in [1.54, 1.807) is 0 Å². The largest absolute Gasteiger partial charge is 0.129 e. The molecule has 0 amide bonds. The Bertz CT molecular complexity index is 389. The molecule has 1 unspecified atom stereocenters. The minimum Gasteiger partial charge on any atom is -0.129 e. The van der Waals surface area contributed by atoms with Crippen LogP contribution in [0.2, 0.25) is 0 Å². The predicted octanol–water partition coefficient (Wildman–Crippen LogP) is 3.94. The van der Waals surface area contributed by atoms with Gasteiger partial charge in [0.05, 0.1) is 0 Å². The smallest absolute Gasteiger partial charge is 0.0257 e. The maximum Gasteiger partial charge on any atom is 0.0257 e. The summed E-state index contributed by atoms with van der Waals surface area (Å²) in [6, 6.07) is 8.66. The fraction of sp³-hybridized carbons (Fsp3) is 0.111. The Morgan fingerprint density at radius 3 is 2.91 bits per heavy atom. The standard InChI is InChI=1S/C9H8BrP/c1-6-5-7-8(10)3-2-4-9(7)11-6/h2-5,11H,1H3. The molecule has 0 radical (unpaired) electrons. The Hall–Kier alpha value is -0.260. The fourth-order valence-corrected chi connectivity index (χ4v) is 3.08. The molecule has 0 saturated carbocycles. The van der Waals surface area contributed by atoms with Crippen LogP contribution in [0.4, 0.5) is 0 Å². The molecule has 0 fully saturated rings. The van der Waals surface area contributed by atoms with Crippen molar-refractivity contribution in [1.29, 1.82) is 0 Å². The molecular weight excluding hydrogens is 219 g/mol. The second kappa shape index (κ2) is 2.66. The van der Waals surface area contributed by atoms with Crippen LogP contribution < -0.4 is 0 Å². The van der Waals surface area contributed by atoms with E-state index in [0.29, 0.717) is 0 Å². The van der Waals surface area contributed by atoms with E-state index in [1.807, 2.05) is 0 Å². The summed E-state index contributed by atoms with van der Waals surface area (Å²) in [6.45, 7) is 2.19. The number of aryl methyl sites for hydroxylation is 1. The molecule has 0 saturated heterocycles. The number of fused-ring (bicyclic) bond motifs is 1. The van der Waals surface area contributed by atoms with Crippen molar-refractivity contribution in [1.82, 2.24) is 0 Å². The van der Waals surface area contributed by atoms with E-state index >= 15 is 0 Å². The maximum atomic E-state index is 3.53. The SMILES string of the molecule is Cc1cc2c(Br)cccc2[pH]1. The summed E-state index contributed by atoms with van der Waals surface area (Å²) >= 11 is 3.53. The summed E-state index contributed by atoms with van der Waals surface area (Å²) in [6.07, 6.45) is 0. The monoisotopic (exact) mass is 226 g/mol. The van der Waals surface area contributed by atoms with E-state index in [1.165, 1.54) is 20.3 Å². The highest BCUT2D eigenvalue weighted by Gasteiger charge is 1.98. The van der Waals surface area contributed by atoms with Gasteiger partial charge in [-0.1, -0.05) is 28.1 Å². The van der Waals surface area contributed by atoms with Crippen LogP contribution in [-0.2, 0) is 0 Å². The van der Waals surface area contributed by atoms with Crippen LogP contribution in [0.3, 0.4) is 0 Å². The van der Waals surface area contributed by atoms with Crippen molar-refractivity contribution < 1.29 is 0 Å². The first-order chi connectivity index (χ1) is 5.27. The van der Waals surface area contributed by atoms with Crippen LogP contribution in [0, 0.1) is 6.92 Å². The van der Waals surface area contributed by atoms with Gasteiger partial charge in [-0.3, -0.25) is 0 Å². The lowest BCUT2D eigenvalue weighted by atomic mass is 10.2. The number of benzene rings is 1. The number of hydrogen-bond donors (Lipinski definition) is 0. The summed E-state index contributed by atoms with van der Waals surface area (Å²) in [5.41, 5.74) is 0. The number of halogens is 1. The van der Waals surface area contributed by atoms with Crippen LogP contribution in [-0.4, -0.2) is 0 Å². The Kier molecular flexibility index (Phi) is 1.78. The van der Waals surface area contributed by atoms with E-state index in [-0.39, 0.29) is 0 Å². The molecule has 2 heteroatoms. The predicted molar refractivity (Wildman–Crippen MR) is 55.9 cm³/mol. The molecule has 1 aromatic heterocycles. The topological polar surface area (TPSA) is 0 Å². The van der Waals surface area contributed by atoms with Gasteiger partial charge in [0.15, 0.2) is 0 Å². The molecule has 0 bridgehead atoms. The van der Waals surface area contributed by atoms with E-state index in [0.717, 1.165) is 8.19 Å². The van der Waals surface area contributed by atoms with Gasteiger partial charge in [0.1, 0.15) is 0 Å². The van der Waals surface area contributed by atoms with Crippen molar-refractivity contribution in [3.8, 4) is 0 Å². The lowest BCUT2D eigenvalue weighted by Gasteiger charge is -1.90. The normalized spacial score (nSPS) is 11.5. The lowest BCUT2D eigenvalue weighted by Crippen LogP contribution is -1.63. The quantitative estimate of drug-likeness (QED) is 0.639. The lowest BCUT2D eigenvalue weighted by molar-refractivity contribution is 1.65. The van der Waals surface area contributed by atoms with Gasteiger partial charge in [-0.2, -0.15) is 0 Å². The van der Waals surface area contributed by atoms with Gasteiger partial charge < -0.3 is 0 Å². The first-order valence-electron chi connectivity index (χ1n) is 3.51. The third kappa shape index (κ3) is 1.23. The molecule has 0 nitrogen and oxygen atoms in total. The molecule has 0 spiro atoms. The zero-order valence-corrected chi connectivity index (χ0v) is 8.77. The van der Waals surface area contributed by atoms with Crippen molar-refractivity contribution in [2.75, 3.05) is 0 Å². The van der Waals surface area contributed by atoms with Gasteiger partial charge in [0.2, 0.25) is 0 Å². The molecule has 56 valence electrons. The molecule has 2 aromatic rings. The van der Waals surface area contributed by atoms with E-state index in [9.17, 15) is 0 Å². The van der Waals surface area contributed by atoms with Crippen LogP contribution >= 0.6 is 24.1 Å². The molecule has 2 rings (SSSR count). The molecule has 0 aliphatic carbocycles. The molecule has 0 N–H and O–H groups in total. The molecule has 0 aliphatic heterocycles. The Balaban J connectivity index is 2.90. The zero-order valence-electron chi connectivity index (χ0n) is 6.19. The number of hydrogen-bond acceptors (Lipinski definition) is 0. The number of rotatable bonds is 0. The first-order valence-corrected chi connectivity index (χ1v) is 5.30. The molecule has 11 heavy (non-hydrogen) atoms. The summed E-state index contributed by atoms with van der Waals surface area (Å²) in [5.74, 6) is 0.